The van der Waals surface area contributed by atoms with Crippen molar-refractivity contribution >= 4 is 44.0 Å². The summed E-state index contributed by atoms with van der Waals surface area (Å²) in [5, 5.41) is 11.6. The van der Waals surface area contributed by atoms with Crippen molar-refractivity contribution in [2.24, 2.45) is 11.5 Å². The monoisotopic (exact) mass is 402 g/mol. The van der Waals surface area contributed by atoms with Gasteiger partial charge >= 0.3 is 0 Å². The predicted octanol–water partition coefficient (Wildman–Crippen LogP) is 4.24. The van der Waals surface area contributed by atoms with Gasteiger partial charge in [-0.3, -0.25) is 9.97 Å². The molecule has 2 aromatic carbocycles. The van der Waals surface area contributed by atoms with Gasteiger partial charge in [0.1, 0.15) is 0 Å². The summed E-state index contributed by atoms with van der Waals surface area (Å²) in [4.78, 5) is 9.40. The summed E-state index contributed by atoms with van der Waals surface area (Å²) in [7, 11) is 0. The zero-order valence-corrected chi connectivity index (χ0v) is 17.3. The Kier molecular flexibility index (Phi) is 6.57. The Morgan fingerprint density at radius 1 is 0.567 bits per heavy atom. The number of fused-ring (bicyclic) bond motifs is 5. The SMILES string of the molecule is NCCCCNc1ccnc2c1ccc1c2ccc2c(NCCCCN)ccnc21. The van der Waals surface area contributed by atoms with Crippen LogP contribution in [-0.4, -0.2) is 36.1 Å². The highest BCUT2D eigenvalue weighted by molar-refractivity contribution is 6.18. The van der Waals surface area contributed by atoms with Crippen LogP contribution in [0.25, 0.3) is 32.6 Å². The fourth-order valence-electron chi connectivity index (χ4n) is 3.93. The number of nitrogens with zero attached hydrogens (tertiary/aromatic N) is 2. The van der Waals surface area contributed by atoms with Crippen molar-refractivity contribution in [2.45, 2.75) is 25.7 Å². The number of nitrogens with two attached hydrogens (primary N) is 2. The number of rotatable bonds is 10. The summed E-state index contributed by atoms with van der Waals surface area (Å²) >= 11 is 0. The number of unbranched alkanes of at least 4 members (excludes halogenated alkanes) is 2. The lowest BCUT2D eigenvalue weighted by molar-refractivity contribution is 0.774. The standard InChI is InChI=1S/C24H30N6/c25-11-1-3-13-27-21-9-15-29-23-17-6-8-20-22(28-14-4-2-12-26)10-16-30-24(20)18(17)5-7-19(21)23/h5-10,15-16H,1-4,11-14,25-26H2,(H,27,29)(H,28,30). The quantitative estimate of drug-likeness (QED) is 0.234. The van der Waals surface area contributed by atoms with Crippen LogP contribution in [-0.2, 0) is 0 Å². The van der Waals surface area contributed by atoms with E-state index in [1.165, 1.54) is 0 Å². The smallest absolute Gasteiger partial charge is 0.0801 e. The second-order valence-corrected chi connectivity index (χ2v) is 7.58. The fourth-order valence-corrected chi connectivity index (χ4v) is 3.93. The molecule has 0 radical (unpaired) electrons. The molecule has 2 heterocycles. The molecule has 6 heteroatoms. The van der Waals surface area contributed by atoms with Crippen LogP contribution in [0, 0.1) is 0 Å². The van der Waals surface area contributed by atoms with Crippen molar-refractivity contribution in [3.63, 3.8) is 0 Å². The molecule has 0 aliphatic rings. The van der Waals surface area contributed by atoms with Crippen LogP contribution >= 0.6 is 0 Å². The highest BCUT2D eigenvalue weighted by atomic mass is 14.9. The Bertz CT molecular complexity index is 1050. The first-order chi connectivity index (χ1) is 14.8. The molecule has 0 bridgehead atoms. The minimum absolute atomic E-state index is 0.730. The van der Waals surface area contributed by atoms with Crippen LogP contribution in [0.5, 0.6) is 0 Å². The average Bonchev–Trinajstić information content (AvgIpc) is 2.79. The number of hydrogen-bond acceptors (Lipinski definition) is 6. The lowest BCUT2D eigenvalue weighted by atomic mass is 10.0. The van der Waals surface area contributed by atoms with Gasteiger partial charge in [-0.1, -0.05) is 24.3 Å². The molecular formula is C24H30N6. The van der Waals surface area contributed by atoms with Crippen LogP contribution in [0.3, 0.4) is 0 Å². The van der Waals surface area contributed by atoms with Crippen molar-refractivity contribution in [3.8, 4) is 0 Å². The van der Waals surface area contributed by atoms with Gasteiger partial charge in [0.2, 0.25) is 0 Å². The molecule has 0 saturated carbocycles. The Morgan fingerprint density at radius 3 is 1.43 bits per heavy atom. The third kappa shape index (κ3) is 4.15. The third-order valence-electron chi connectivity index (χ3n) is 5.51. The first-order valence-corrected chi connectivity index (χ1v) is 10.8. The van der Waals surface area contributed by atoms with Crippen molar-refractivity contribution in [2.75, 3.05) is 36.8 Å². The van der Waals surface area contributed by atoms with Gasteiger partial charge in [-0.2, -0.15) is 0 Å². The lowest BCUT2D eigenvalue weighted by Crippen LogP contribution is -2.06. The molecule has 0 aliphatic carbocycles. The van der Waals surface area contributed by atoms with E-state index in [0.29, 0.717) is 0 Å². The van der Waals surface area contributed by atoms with Gasteiger partial charge in [-0.15, -0.1) is 0 Å². The van der Waals surface area contributed by atoms with Crippen LogP contribution in [0.1, 0.15) is 25.7 Å². The maximum atomic E-state index is 5.60. The van der Waals surface area contributed by atoms with Crippen LogP contribution in [0.4, 0.5) is 11.4 Å². The normalized spacial score (nSPS) is 11.4. The Morgan fingerprint density at radius 2 is 1.00 bits per heavy atom. The summed E-state index contributed by atoms with van der Waals surface area (Å²) in [6.07, 6.45) is 7.92. The van der Waals surface area contributed by atoms with Gasteiger partial charge < -0.3 is 22.1 Å². The maximum absolute atomic E-state index is 5.60. The zero-order valence-electron chi connectivity index (χ0n) is 17.3. The molecule has 30 heavy (non-hydrogen) atoms. The predicted molar refractivity (Wildman–Crippen MR) is 128 cm³/mol. The molecule has 0 aliphatic heterocycles. The molecule has 0 amide bonds. The van der Waals surface area contributed by atoms with Gasteiger partial charge in [-0.05, 0) is 50.9 Å². The van der Waals surface area contributed by atoms with Gasteiger partial charge in [-0.25, -0.2) is 0 Å². The van der Waals surface area contributed by atoms with Gasteiger partial charge in [0.15, 0.2) is 0 Å². The van der Waals surface area contributed by atoms with Gasteiger partial charge in [0.05, 0.1) is 11.0 Å². The van der Waals surface area contributed by atoms with E-state index < -0.39 is 0 Å². The molecule has 0 fully saturated rings. The molecule has 0 atom stereocenters. The van der Waals surface area contributed by atoms with Crippen molar-refractivity contribution in [1.29, 1.82) is 0 Å². The molecule has 0 saturated heterocycles. The maximum Gasteiger partial charge on any atom is 0.0801 e. The minimum atomic E-state index is 0.730. The molecule has 0 unspecified atom stereocenters. The second kappa shape index (κ2) is 9.69. The van der Waals surface area contributed by atoms with Gasteiger partial charge in [0.25, 0.3) is 0 Å². The van der Waals surface area contributed by atoms with E-state index in [4.69, 9.17) is 21.4 Å². The van der Waals surface area contributed by atoms with E-state index in [1.807, 2.05) is 24.5 Å². The van der Waals surface area contributed by atoms with Crippen LogP contribution in [0.15, 0.2) is 48.8 Å². The highest BCUT2D eigenvalue weighted by Gasteiger charge is 2.11. The molecule has 156 valence electrons. The Hall–Kier alpha value is -2.96. The number of anilines is 2. The number of nitrogens with one attached hydrogen (secondary N) is 2. The number of benzene rings is 2. The molecule has 2 aromatic heterocycles. The molecule has 6 N–H and O–H groups in total. The number of pyridine rings is 2. The minimum Gasteiger partial charge on any atom is -0.384 e. The van der Waals surface area contributed by atoms with Crippen molar-refractivity contribution < 1.29 is 0 Å². The highest BCUT2D eigenvalue weighted by Crippen LogP contribution is 2.34. The van der Waals surface area contributed by atoms with E-state index in [1.54, 1.807) is 0 Å². The first-order valence-electron chi connectivity index (χ1n) is 10.8. The summed E-state index contributed by atoms with van der Waals surface area (Å²) in [5.74, 6) is 0. The Balaban J connectivity index is 1.72. The zero-order chi connectivity index (χ0) is 20.8. The van der Waals surface area contributed by atoms with E-state index in [9.17, 15) is 0 Å². The van der Waals surface area contributed by atoms with Crippen LogP contribution in [0.2, 0.25) is 0 Å². The van der Waals surface area contributed by atoms with E-state index in [-0.39, 0.29) is 0 Å². The summed E-state index contributed by atoms with van der Waals surface area (Å²) in [6, 6.07) is 12.7. The number of hydrogen-bond donors (Lipinski definition) is 4. The van der Waals surface area contributed by atoms with E-state index >= 15 is 0 Å². The van der Waals surface area contributed by atoms with Crippen molar-refractivity contribution in [1.82, 2.24) is 9.97 Å². The van der Waals surface area contributed by atoms with E-state index in [0.717, 1.165) is 95.8 Å². The van der Waals surface area contributed by atoms with Gasteiger partial charge in [0, 0.05) is 58.4 Å². The molecule has 4 rings (SSSR count). The fraction of sp³-hybridized carbons (Fsp3) is 0.333. The largest absolute Gasteiger partial charge is 0.384 e. The summed E-state index contributed by atoms with van der Waals surface area (Å²) in [5.41, 5.74) is 15.4. The van der Waals surface area contributed by atoms with Crippen LogP contribution < -0.4 is 22.1 Å². The molecule has 0 spiro atoms. The molecule has 4 aromatic rings. The summed E-state index contributed by atoms with van der Waals surface area (Å²) < 4.78 is 0. The average molecular weight is 403 g/mol. The van der Waals surface area contributed by atoms with E-state index in [2.05, 4.69) is 34.9 Å². The topological polar surface area (TPSA) is 102 Å². The van der Waals surface area contributed by atoms with Crippen molar-refractivity contribution in [3.05, 3.63) is 48.8 Å². The summed E-state index contributed by atoms with van der Waals surface area (Å²) in [6.45, 7) is 3.28. The third-order valence-corrected chi connectivity index (χ3v) is 5.51. The number of aromatic nitrogens is 2. The lowest BCUT2D eigenvalue weighted by Gasteiger charge is -2.13. The molecule has 6 nitrogen and oxygen atoms in total. The second-order valence-electron chi connectivity index (χ2n) is 7.58. The molecular weight excluding hydrogens is 372 g/mol. The first kappa shape index (κ1) is 20.3. The Labute approximate surface area is 177 Å².